The van der Waals surface area contributed by atoms with Gasteiger partial charge in [-0.1, -0.05) is 6.07 Å². The summed E-state index contributed by atoms with van der Waals surface area (Å²) < 4.78 is 16.9. The molecular weight excluding hydrogens is 506 g/mol. The van der Waals surface area contributed by atoms with E-state index in [0.29, 0.717) is 34.9 Å². The number of ketones is 1. The predicted octanol–water partition coefficient (Wildman–Crippen LogP) is 5.01. The first-order valence-corrected chi connectivity index (χ1v) is 13.3. The Kier molecular flexibility index (Phi) is 7.86. The minimum Gasteiger partial charge on any atom is -0.497 e. The van der Waals surface area contributed by atoms with Crippen LogP contribution in [0.3, 0.4) is 0 Å². The van der Waals surface area contributed by atoms with Gasteiger partial charge < -0.3 is 19.5 Å². The van der Waals surface area contributed by atoms with Crippen molar-refractivity contribution in [3.05, 3.63) is 100 Å². The van der Waals surface area contributed by atoms with Crippen LogP contribution in [-0.2, 0) is 16.2 Å². The zero-order chi connectivity index (χ0) is 28.2. The highest BCUT2D eigenvalue weighted by Gasteiger charge is 2.40. The summed E-state index contributed by atoms with van der Waals surface area (Å²) in [6, 6.07) is 16.9. The van der Waals surface area contributed by atoms with E-state index in [9.17, 15) is 9.59 Å². The van der Waals surface area contributed by atoms with E-state index in [1.54, 1.807) is 14.2 Å². The molecule has 1 aliphatic carbocycles. The van der Waals surface area contributed by atoms with Gasteiger partial charge in [0.25, 0.3) is 5.82 Å². The van der Waals surface area contributed by atoms with Crippen LogP contribution in [0.5, 0.6) is 17.2 Å². The second-order valence-electron chi connectivity index (χ2n) is 10.0. The van der Waals surface area contributed by atoms with Crippen molar-refractivity contribution >= 4 is 17.5 Å². The van der Waals surface area contributed by atoms with Crippen molar-refractivity contribution in [1.82, 2.24) is 5.32 Å². The largest absolute Gasteiger partial charge is 0.497 e. The van der Waals surface area contributed by atoms with Gasteiger partial charge in [0, 0.05) is 40.9 Å². The quantitative estimate of drug-likeness (QED) is 0.417. The molecule has 0 spiro atoms. The van der Waals surface area contributed by atoms with E-state index >= 15 is 0 Å². The van der Waals surface area contributed by atoms with Crippen LogP contribution < -0.4 is 29.8 Å². The van der Waals surface area contributed by atoms with Gasteiger partial charge in [0.1, 0.15) is 23.9 Å². The maximum atomic E-state index is 13.8. The molecule has 1 atom stereocenters. The van der Waals surface area contributed by atoms with Gasteiger partial charge in [-0.2, -0.15) is 0 Å². The molecule has 0 fully saturated rings. The molecule has 206 valence electrons. The molecule has 1 aromatic heterocycles. The molecule has 1 amide bonds. The molecule has 3 aromatic rings. The Bertz CT molecular complexity index is 1490. The Morgan fingerprint density at radius 1 is 1.00 bits per heavy atom. The monoisotopic (exact) mass is 540 g/mol. The summed E-state index contributed by atoms with van der Waals surface area (Å²) in [6.45, 7) is 4.11. The molecule has 2 heterocycles. The molecule has 2 aliphatic rings. The van der Waals surface area contributed by atoms with Crippen LogP contribution in [0.15, 0.2) is 83.3 Å². The SMILES string of the molecule is COc1ccc(OCc2cc(C3C(C(=O)Nc4ccc(C)c[nH+]4)=C(C)NC4=C3C(=O)CCC4)ccc2OC)cc1. The Morgan fingerprint density at radius 2 is 1.77 bits per heavy atom. The number of methoxy groups -OCH3 is 2. The fraction of sp³-hybridized carbons (Fsp3) is 0.281. The zero-order valence-corrected chi connectivity index (χ0v) is 23.2. The van der Waals surface area contributed by atoms with Crippen LogP contribution in [-0.4, -0.2) is 25.9 Å². The third-order valence-electron chi connectivity index (χ3n) is 7.33. The average molecular weight is 541 g/mol. The number of amides is 1. The van der Waals surface area contributed by atoms with E-state index in [0.717, 1.165) is 46.7 Å². The molecule has 2 aromatic carbocycles. The number of allylic oxidation sites excluding steroid dienone is 3. The third-order valence-corrected chi connectivity index (χ3v) is 7.33. The maximum absolute atomic E-state index is 13.8. The van der Waals surface area contributed by atoms with Crippen LogP contribution in [0, 0.1) is 6.92 Å². The van der Waals surface area contributed by atoms with Crippen molar-refractivity contribution in [2.75, 3.05) is 19.5 Å². The molecule has 40 heavy (non-hydrogen) atoms. The number of rotatable bonds is 8. The lowest BCUT2D eigenvalue weighted by atomic mass is 9.74. The van der Waals surface area contributed by atoms with Crippen molar-refractivity contribution in [3.8, 4) is 17.2 Å². The minimum atomic E-state index is -0.528. The fourth-order valence-corrected chi connectivity index (χ4v) is 5.31. The summed E-state index contributed by atoms with van der Waals surface area (Å²) in [6.07, 6.45) is 3.84. The number of aromatic nitrogens is 1. The Balaban J connectivity index is 1.52. The van der Waals surface area contributed by atoms with Crippen LogP contribution in [0.25, 0.3) is 0 Å². The van der Waals surface area contributed by atoms with E-state index in [1.807, 2.05) is 74.6 Å². The van der Waals surface area contributed by atoms with Gasteiger partial charge in [-0.15, -0.1) is 0 Å². The Hall–Kier alpha value is -4.59. The lowest BCUT2D eigenvalue weighted by Gasteiger charge is -2.34. The number of anilines is 1. The van der Waals surface area contributed by atoms with Gasteiger partial charge >= 0.3 is 5.91 Å². The molecule has 1 unspecified atom stereocenters. The number of aromatic amines is 1. The van der Waals surface area contributed by atoms with Crippen LogP contribution in [0.4, 0.5) is 5.82 Å². The molecule has 5 rings (SSSR count). The van der Waals surface area contributed by atoms with Gasteiger partial charge in [-0.05, 0) is 80.3 Å². The van der Waals surface area contributed by atoms with E-state index < -0.39 is 5.92 Å². The van der Waals surface area contributed by atoms with Crippen molar-refractivity contribution in [3.63, 3.8) is 0 Å². The first-order chi connectivity index (χ1) is 19.4. The molecule has 0 saturated carbocycles. The van der Waals surface area contributed by atoms with E-state index in [4.69, 9.17) is 14.2 Å². The Morgan fingerprint density at radius 3 is 2.48 bits per heavy atom. The minimum absolute atomic E-state index is 0.0605. The summed E-state index contributed by atoms with van der Waals surface area (Å²) in [5.41, 5.74) is 5.48. The van der Waals surface area contributed by atoms with E-state index in [1.165, 1.54) is 0 Å². The number of aryl methyl sites for hydroxylation is 1. The number of carbonyl (C=O) groups excluding carboxylic acids is 2. The number of carbonyl (C=O) groups is 2. The summed E-state index contributed by atoms with van der Waals surface area (Å²) in [4.78, 5) is 30.2. The second kappa shape index (κ2) is 11.7. The van der Waals surface area contributed by atoms with Gasteiger partial charge in [0.05, 0.1) is 26.0 Å². The summed E-state index contributed by atoms with van der Waals surface area (Å²) in [7, 11) is 3.23. The van der Waals surface area contributed by atoms with Crippen molar-refractivity contribution < 1.29 is 28.8 Å². The zero-order valence-electron chi connectivity index (χ0n) is 23.2. The average Bonchev–Trinajstić information content (AvgIpc) is 2.96. The molecule has 0 saturated heterocycles. The van der Waals surface area contributed by atoms with Crippen LogP contribution in [0.2, 0.25) is 0 Å². The molecule has 0 radical (unpaired) electrons. The van der Waals surface area contributed by atoms with Crippen LogP contribution in [0.1, 0.15) is 48.8 Å². The lowest BCUT2D eigenvalue weighted by molar-refractivity contribution is -0.361. The number of Topliss-reactive ketones (excluding diaryl/α,β-unsaturated/α-hetero) is 1. The highest BCUT2D eigenvalue weighted by Crippen LogP contribution is 2.43. The Labute approximate surface area is 234 Å². The summed E-state index contributed by atoms with van der Waals surface area (Å²) in [5.74, 6) is 1.93. The fourth-order valence-electron chi connectivity index (χ4n) is 5.31. The van der Waals surface area contributed by atoms with Gasteiger partial charge in [-0.3, -0.25) is 4.79 Å². The second-order valence-corrected chi connectivity index (χ2v) is 10.0. The lowest BCUT2D eigenvalue weighted by Crippen LogP contribution is -2.36. The number of nitrogens with one attached hydrogen (secondary N) is 3. The maximum Gasteiger partial charge on any atom is 0.337 e. The normalized spacial score (nSPS) is 16.7. The molecule has 8 nitrogen and oxygen atoms in total. The highest BCUT2D eigenvalue weighted by atomic mass is 16.5. The topological polar surface area (TPSA) is 100 Å². The van der Waals surface area contributed by atoms with Crippen molar-refractivity contribution in [2.45, 2.75) is 45.6 Å². The molecule has 1 aliphatic heterocycles. The number of pyridine rings is 1. The van der Waals surface area contributed by atoms with E-state index in [-0.39, 0.29) is 18.3 Å². The number of ether oxygens (including phenoxy) is 3. The smallest absolute Gasteiger partial charge is 0.337 e. The molecule has 0 bridgehead atoms. The van der Waals surface area contributed by atoms with Gasteiger partial charge in [0.15, 0.2) is 5.78 Å². The molecular formula is C32H34N3O5+. The van der Waals surface area contributed by atoms with Gasteiger partial charge in [0.2, 0.25) is 0 Å². The number of H-pyrrole nitrogens is 1. The van der Waals surface area contributed by atoms with Crippen molar-refractivity contribution in [1.29, 1.82) is 0 Å². The highest BCUT2D eigenvalue weighted by molar-refractivity contribution is 6.09. The summed E-state index contributed by atoms with van der Waals surface area (Å²) in [5, 5.41) is 6.36. The summed E-state index contributed by atoms with van der Waals surface area (Å²) >= 11 is 0. The first-order valence-electron chi connectivity index (χ1n) is 13.3. The van der Waals surface area contributed by atoms with Crippen molar-refractivity contribution in [2.24, 2.45) is 0 Å². The number of hydrogen-bond acceptors (Lipinski definition) is 6. The third kappa shape index (κ3) is 5.57. The standard InChI is InChI=1S/C32H33N3O5/c1-19-8-15-28(33-17-19)35-32(37)29-20(2)34-25-6-5-7-26(36)31(25)30(29)21-9-14-27(39-4)22(16-21)18-40-24-12-10-23(38-3)11-13-24/h8-17,30,34H,5-7,18H2,1-4H3,(H,33,35,37)/p+1. The predicted molar refractivity (Wildman–Crippen MR) is 151 cm³/mol. The number of dihydropyridines is 1. The molecule has 3 N–H and O–H groups in total. The molecule has 8 heteroatoms. The van der Waals surface area contributed by atoms with Gasteiger partial charge in [-0.25, -0.2) is 15.1 Å². The van der Waals surface area contributed by atoms with Crippen LogP contribution >= 0.6 is 0 Å². The number of hydrogen-bond donors (Lipinski definition) is 2. The van der Waals surface area contributed by atoms with E-state index in [2.05, 4.69) is 15.6 Å². The number of benzene rings is 2. The first kappa shape index (κ1) is 27.0.